The molecule has 182 valence electrons. The molecule has 0 aromatic heterocycles. The van der Waals surface area contributed by atoms with Gasteiger partial charge in [0.2, 0.25) is 0 Å². The van der Waals surface area contributed by atoms with E-state index in [0.717, 1.165) is 22.4 Å². The lowest BCUT2D eigenvalue weighted by atomic mass is 9.93. The average Bonchev–Trinajstić information content (AvgIpc) is 3.46. The molecule has 0 saturated carbocycles. The van der Waals surface area contributed by atoms with E-state index in [2.05, 4.69) is 0 Å². The molecule has 1 unspecified atom stereocenters. The maximum atomic E-state index is 13.4. The Bertz CT molecular complexity index is 1410. The Morgan fingerprint density at radius 1 is 1.08 bits per heavy atom. The number of rotatable bonds is 5. The lowest BCUT2D eigenvalue weighted by Crippen LogP contribution is -2.29. The highest BCUT2D eigenvalue weighted by Crippen LogP contribution is 2.43. The summed E-state index contributed by atoms with van der Waals surface area (Å²) in [4.78, 5) is 39.8. The predicted octanol–water partition coefficient (Wildman–Crippen LogP) is 4.27. The van der Waals surface area contributed by atoms with Gasteiger partial charge in [0.1, 0.15) is 11.5 Å². The number of carbonyl (C=O) groups excluding carboxylic acids is 3. The Hall–Kier alpha value is -4.39. The van der Waals surface area contributed by atoms with Gasteiger partial charge < -0.3 is 14.6 Å². The van der Waals surface area contributed by atoms with Gasteiger partial charge in [0.05, 0.1) is 31.8 Å². The van der Waals surface area contributed by atoms with Gasteiger partial charge in [0.25, 0.3) is 11.7 Å². The summed E-state index contributed by atoms with van der Waals surface area (Å²) in [6, 6.07) is 18.8. The molecule has 1 atom stereocenters. The van der Waals surface area contributed by atoms with Gasteiger partial charge in [-0.2, -0.15) is 0 Å². The number of hydrogen-bond donors (Lipinski definition) is 1. The van der Waals surface area contributed by atoms with E-state index < -0.39 is 17.7 Å². The number of aryl methyl sites for hydroxylation is 1. The number of amides is 1. The van der Waals surface area contributed by atoms with Crippen molar-refractivity contribution in [3.63, 3.8) is 0 Å². The third kappa shape index (κ3) is 4.13. The van der Waals surface area contributed by atoms with Crippen LogP contribution in [-0.2, 0) is 32.0 Å². The van der Waals surface area contributed by atoms with E-state index in [1.807, 2.05) is 31.2 Å². The first-order chi connectivity index (χ1) is 17.4. The van der Waals surface area contributed by atoms with Crippen molar-refractivity contribution in [3.8, 4) is 5.75 Å². The van der Waals surface area contributed by atoms with Crippen molar-refractivity contribution in [2.24, 2.45) is 0 Å². The number of aliphatic hydroxyl groups excluding tert-OH is 1. The van der Waals surface area contributed by atoms with Crippen molar-refractivity contribution >= 4 is 29.1 Å². The fraction of sp³-hybridized carbons (Fsp3) is 0.207. The van der Waals surface area contributed by atoms with Gasteiger partial charge >= 0.3 is 5.97 Å². The summed E-state index contributed by atoms with van der Waals surface area (Å²) in [5, 5.41) is 11.4. The maximum Gasteiger partial charge on any atom is 0.309 e. The van der Waals surface area contributed by atoms with Gasteiger partial charge in [-0.05, 0) is 53.9 Å². The van der Waals surface area contributed by atoms with Crippen LogP contribution in [0.15, 0.2) is 72.3 Å². The van der Waals surface area contributed by atoms with Crippen LogP contribution in [0.1, 0.15) is 33.9 Å². The van der Waals surface area contributed by atoms with Crippen LogP contribution in [0.5, 0.6) is 5.75 Å². The van der Waals surface area contributed by atoms with Crippen LogP contribution in [0.2, 0.25) is 0 Å². The van der Waals surface area contributed by atoms with Crippen molar-refractivity contribution in [1.82, 2.24) is 0 Å². The van der Waals surface area contributed by atoms with E-state index >= 15 is 0 Å². The minimum atomic E-state index is -0.819. The number of ether oxygens (including phenoxy) is 2. The first kappa shape index (κ1) is 23.4. The molecular weight excluding hydrogens is 458 g/mol. The molecule has 1 fully saturated rings. The number of aliphatic hydroxyl groups is 1. The Balaban J connectivity index is 1.62. The van der Waals surface area contributed by atoms with Crippen molar-refractivity contribution in [2.75, 3.05) is 18.6 Å². The van der Waals surface area contributed by atoms with Crippen molar-refractivity contribution in [2.45, 2.75) is 25.8 Å². The molecule has 2 aliphatic rings. The number of hydrogen-bond acceptors (Lipinski definition) is 6. The summed E-state index contributed by atoms with van der Waals surface area (Å²) in [6.07, 6.45) is 0.809. The quantitative estimate of drug-likeness (QED) is 0.252. The zero-order valence-corrected chi connectivity index (χ0v) is 20.0. The van der Waals surface area contributed by atoms with E-state index in [-0.39, 0.29) is 23.7 Å². The second-order valence-electron chi connectivity index (χ2n) is 8.92. The van der Waals surface area contributed by atoms with Crippen LogP contribution >= 0.6 is 0 Å². The molecule has 2 aliphatic heterocycles. The number of esters is 1. The standard InChI is InChI=1S/C29H25NO6/c1-17-4-3-5-20(14-17)26-25(27(32)21-8-11-23-19(16-21)12-13-36-23)28(33)29(34)30(26)22-9-6-18(7-10-22)15-24(31)35-2/h3-11,14,16,26,32H,12-13,15H2,1-2H3/b27-25-. The fourth-order valence-corrected chi connectivity index (χ4v) is 4.76. The molecule has 0 bridgehead atoms. The molecule has 1 N–H and O–H groups in total. The van der Waals surface area contributed by atoms with Crippen molar-refractivity contribution in [3.05, 3.63) is 100 Å². The molecule has 5 rings (SSSR count). The first-order valence-corrected chi connectivity index (χ1v) is 11.7. The van der Waals surface area contributed by atoms with E-state index in [1.165, 1.54) is 12.0 Å². The molecule has 0 radical (unpaired) electrons. The smallest absolute Gasteiger partial charge is 0.309 e. The van der Waals surface area contributed by atoms with E-state index in [0.29, 0.717) is 29.8 Å². The molecule has 1 amide bonds. The Labute approximate surface area is 208 Å². The molecule has 3 aromatic rings. The predicted molar refractivity (Wildman–Crippen MR) is 134 cm³/mol. The van der Waals surface area contributed by atoms with Gasteiger partial charge in [-0.1, -0.05) is 42.0 Å². The highest BCUT2D eigenvalue weighted by Gasteiger charge is 2.47. The second kappa shape index (κ2) is 9.34. The fourth-order valence-electron chi connectivity index (χ4n) is 4.76. The maximum absolute atomic E-state index is 13.4. The molecule has 7 heteroatoms. The SMILES string of the molecule is COC(=O)Cc1ccc(N2C(=O)C(=O)/C(=C(\O)c3ccc4c(c3)CCO4)C2c2cccc(C)c2)cc1. The summed E-state index contributed by atoms with van der Waals surface area (Å²) in [5.41, 5.74) is 4.31. The highest BCUT2D eigenvalue weighted by atomic mass is 16.5. The van der Waals surface area contributed by atoms with Gasteiger partial charge in [-0.25, -0.2) is 0 Å². The molecule has 1 saturated heterocycles. The largest absolute Gasteiger partial charge is 0.507 e. The lowest BCUT2D eigenvalue weighted by Gasteiger charge is -2.26. The van der Waals surface area contributed by atoms with Gasteiger partial charge in [-0.15, -0.1) is 0 Å². The van der Waals surface area contributed by atoms with Gasteiger partial charge in [0.15, 0.2) is 0 Å². The molecule has 7 nitrogen and oxygen atoms in total. The molecule has 0 spiro atoms. The third-order valence-corrected chi connectivity index (χ3v) is 6.56. The lowest BCUT2D eigenvalue weighted by molar-refractivity contribution is -0.139. The van der Waals surface area contributed by atoms with Crippen LogP contribution in [0.3, 0.4) is 0 Å². The number of nitrogens with zero attached hydrogens (tertiary/aromatic N) is 1. The van der Waals surface area contributed by atoms with Gasteiger partial charge in [0, 0.05) is 17.7 Å². The van der Waals surface area contributed by atoms with E-state index in [4.69, 9.17) is 9.47 Å². The Kier molecular flexibility index (Phi) is 6.06. The van der Waals surface area contributed by atoms with E-state index in [1.54, 1.807) is 42.5 Å². The Morgan fingerprint density at radius 3 is 2.58 bits per heavy atom. The number of fused-ring (bicyclic) bond motifs is 1. The number of methoxy groups -OCH3 is 1. The summed E-state index contributed by atoms with van der Waals surface area (Å²) in [6.45, 7) is 2.50. The number of anilines is 1. The zero-order chi connectivity index (χ0) is 25.4. The molecule has 0 aliphatic carbocycles. The summed E-state index contributed by atoms with van der Waals surface area (Å²) in [7, 11) is 1.33. The number of Topliss-reactive ketones (excluding diaryl/α,β-unsaturated/α-hetero) is 1. The summed E-state index contributed by atoms with van der Waals surface area (Å²) < 4.78 is 10.3. The van der Waals surface area contributed by atoms with Crippen molar-refractivity contribution < 1.29 is 29.0 Å². The molecule has 3 aromatic carbocycles. The van der Waals surface area contributed by atoms with Crippen LogP contribution in [-0.4, -0.2) is 36.5 Å². The topological polar surface area (TPSA) is 93.1 Å². The minimum absolute atomic E-state index is 0.0307. The number of ketones is 1. The number of carbonyl (C=O) groups is 3. The van der Waals surface area contributed by atoms with E-state index in [9.17, 15) is 19.5 Å². The number of benzene rings is 3. The average molecular weight is 484 g/mol. The summed E-state index contributed by atoms with van der Waals surface area (Å²) >= 11 is 0. The van der Waals surface area contributed by atoms with Crippen molar-refractivity contribution in [1.29, 1.82) is 0 Å². The molecular formula is C29H25NO6. The summed E-state index contributed by atoms with van der Waals surface area (Å²) in [5.74, 6) is -1.32. The van der Waals surface area contributed by atoms with Crippen LogP contribution < -0.4 is 9.64 Å². The van der Waals surface area contributed by atoms with Crippen LogP contribution in [0.25, 0.3) is 5.76 Å². The normalized spacial score (nSPS) is 18.2. The molecule has 36 heavy (non-hydrogen) atoms. The third-order valence-electron chi connectivity index (χ3n) is 6.56. The zero-order valence-electron chi connectivity index (χ0n) is 20.0. The minimum Gasteiger partial charge on any atom is -0.507 e. The van der Waals surface area contributed by atoms with Crippen LogP contribution in [0.4, 0.5) is 5.69 Å². The van der Waals surface area contributed by atoms with Gasteiger partial charge in [-0.3, -0.25) is 19.3 Å². The molecule has 2 heterocycles. The second-order valence-corrected chi connectivity index (χ2v) is 8.92. The van der Waals surface area contributed by atoms with Crippen LogP contribution in [0, 0.1) is 6.92 Å². The monoisotopic (exact) mass is 483 g/mol. The first-order valence-electron chi connectivity index (χ1n) is 11.7. The Morgan fingerprint density at radius 2 is 1.86 bits per heavy atom. The highest BCUT2D eigenvalue weighted by molar-refractivity contribution is 6.51.